The molecule has 1 saturated carbocycles. The number of rotatable bonds is 5. The quantitative estimate of drug-likeness (QED) is 0.514. The highest BCUT2D eigenvalue weighted by atomic mass is 32.1. The molecule has 6 heteroatoms. The Bertz CT molecular complexity index is 1030. The summed E-state index contributed by atoms with van der Waals surface area (Å²) in [7, 11) is 0. The van der Waals surface area contributed by atoms with Crippen molar-refractivity contribution in [2.45, 2.75) is 64.9 Å². The summed E-state index contributed by atoms with van der Waals surface area (Å²) in [5, 5.41) is 15.4. The third-order valence-corrected chi connectivity index (χ3v) is 7.00. The van der Waals surface area contributed by atoms with Crippen LogP contribution in [0.4, 0.5) is 11.6 Å². The van der Waals surface area contributed by atoms with Gasteiger partial charge in [-0.05, 0) is 67.3 Å². The van der Waals surface area contributed by atoms with Crippen LogP contribution >= 0.6 is 11.3 Å². The SMILES string of the molecule is Cc1cc(Nc2nccc(C(C)C)n2)cc(-c2cnc(C3(O)CCCC(C)C3)s2)c1. The Balaban J connectivity index is 1.60. The fourth-order valence-corrected chi connectivity index (χ4v) is 5.25. The standard InChI is InChI=1S/C24H30N4OS/c1-15(2)20-7-9-25-23(28-20)27-19-11-17(4)10-18(12-19)21-14-26-22(30-21)24(29)8-5-6-16(3)13-24/h7,9-12,14-16,29H,5-6,8,13H2,1-4H3,(H,25,27,28). The highest BCUT2D eigenvalue weighted by Gasteiger charge is 2.37. The van der Waals surface area contributed by atoms with Crippen LogP contribution in [0.1, 0.15) is 68.6 Å². The smallest absolute Gasteiger partial charge is 0.227 e. The molecule has 158 valence electrons. The molecule has 1 aromatic carbocycles. The van der Waals surface area contributed by atoms with Gasteiger partial charge in [0.25, 0.3) is 0 Å². The van der Waals surface area contributed by atoms with E-state index in [4.69, 9.17) is 0 Å². The number of nitrogens with zero attached hydrogens (tertiary/aromatic N) is 3. The van der Waals surface area contributed by atoms with Gasteiger partial charge in [0.05, 0.1) is 4.88 Å². The second-order valence-corrected chi connectivity index (χ2v) is 9.97. The van der Waals surface area contributed by atoms with E-state index in [9.17, 15) is 5.11 Å². The molecule has 2 heterocycles. The van der Waals surface area contributed by atoms with E-state index in [1.165, 1.54) is 6.42 Å². The summed E-state index contributed by atoms with van der Waals surface area (Å²) in [6, 6.07) is 8.30. The molecule has 1 fully saturated rings. The van der Waals surface area contributed by atoms with Gasteiger partial charge in [-0.15, -0.1) is 11.3 Å². The molecular weight excluding hydrogens is 392 g/mol. The molecular formula is C24H30N4OS. The summed E-state index contributed by atoms with van der Waals surface area (Å²) in [5.74, 6) is 1.49. The van der Waals surface area contributed by atoms with Gasteiger partial charge in [-0.3, -0.25) is 0 Å². The van der Waals surface area contributed by atoms with Crippen LogP contribution in [0.3, 0.4) is 0 Å². The number of aliphatic hydroxyl groups is 1. The Labute approximate surface area is 182 Å². The fraction of sp³-hybridized carbons (Fsp3) is 0.458. The zero-order valence-electron chi connectivity index (χ0n) is 18.1. The largest absolute Gasteiger partial charge is 0.383 e. The summed E-state index contributed by atoms with van der Waals surface area (Å²) in [5.41, 5.74) is 3.42. The van der Waals surface area contributed by atoms with Gasteiger partial charge in [-0.1, -0.05) is 33.3 Å². The van der Waals surface area contributed by atoms with E-state index in [0.717, 1.165) is 51.7 Å². The Morgan fingerprint density at radius 3 is 2.83 bits per heavy atom. The van der Waals surface area contributed by atoms with Crippen molar-refractivity contribution in [2.75, 3.05) is 5.32 Å². The van der Waals surface area contributed by atoms with Gasteiger partial charge in [-0.25, -0.2) is 15.0 Å². The van der Waals surface area contributed by atoms with Gasteiger partial charge in [0, 0.05) is 23.8 Å². The third kappa shape index (κ3) is 4.55. The highest BCUT2D eigenvalue weighted by molar-refractivity contribution is 7.15. The van der Waals surface area contributed by atoms with Crippen LogP contribution in [0.25, 0.3) is 10.4 Å². The van der Waals surface area contributed by atoms with Crippen molar-refractivity contribution in [1.29, 1.82) is 0 Å². The van der Waals surface area contributed by atoms with E-state index in [2.05, 4.69) is 66.2 Å². The van der Waals surface area contributed by atoms with Crippen molar-refractivity contribution in [3.63, 3.8) is 0 Å². The van der Waals surface area contributed by atoms with Crippen molar-refractivity contribution < 1.29 is 5.11 Å². The topological polar surface area (TPSA) is 70.9 Å². The summed E-state index contributed by atoms with van der Waals surface area (Å²) in [4.78, 5) is 14.7. The third-order valence-electron chi connectivity index (χ3n) is 5.76. The monoisotopic (exact) mass is 422 g/mol. The molecule has 2 atom stereocenters. The minimum absolute atomic E-state index is 0.352. The van der Waals surface area contributed by atoms with Crippen LogP contribution in [0.2, 0.25) is 0 Å². The molecule has 0 spiro atoms. The van der Waals surface area contributed by atoms with Gasteiger partial charge in [0.2, 0.25) is 5.95 Å². The fourth-order valence-electron chi connectivity index (χ4n) is 4.22. The second kappa shape index (κ2) is 8.44. The van der Waals surface area contributed by atoms with Crippen molar-refractivity contribution in [3.05, 3.63) is 52.9 Å². The van der Waals surface area contributed by atoms with E-state index < -0.39 is 5.60 Å². The molecule has 2 unspecified atom stereocenters. The first kappa shape index (κ1) is 20.9. The molecule has 1 aliphatic carbocycles. The molecule has 0 bridgehead atoms. The Kier molecular flexibility index (Phi) is 5.89. The van der Waals surface area contributed by atoms with E-state index in [0.29, 0.717) is 17.8 Å². The van der Waals surface area contributed by atoms with E-state index in [1.807, 2.05) is 12.3 Å². The number of hydrogen-bond donors (Lipinski definition) is 2. The first-order valence-electron chi connectivity index (χ1n) is 10.7. The summed E-state index contributed by atoms with van der Waals surface area (Å²) in [6.07, 6.45) is 7.53. The summed E-state index contributed by atoms with van der Waals surface area (Å²) < 4.78 is 0. The van der Waals surface area contributed by atoms with E-state index >= 15 is 0 Å². The number of nitrogens with one attached hydrogen (secondary N) is 1. The van der Waals surface area contributed by atoms with Gasteiger partial charge in [0.15, 0.2) is 0 Å². The van der Waals surface area contributed by atoms with E-state index in [-0.39, 0.29) is 0 Å². The molecule has 0 aliphatic heterocycles. The lowest BCUT2D eigenvalue weighted by Crippen LogP contribution is -2.31. The predicted molar refractivity (Wildman–Crippen MR) is 123 cm³/mol. The number of thiazole rings is 1. The number of benzene rings is 1. The normalized spacial score (nSPS) is 21.7. The van der Waals surface area contributed by atoms with Crippen LogP contribution < -0.4 is 5.32 Å². The van der Waals surface area contributed by atoms with Gasteiger partial charge < -0.3 is 10.4 Å². The zero-order valence-corrected chi connectivity index (χ0v) is 19.0. The zero-order chi connectivity index (χ0) is 21.3. The lowest BCUT2D eigenvalue weighted by molar-refractivity contribution is -0.0180. The van der Waals surface area contributed by atoms with Crippen LogP contribution in [0.5, 0.6) is 0 Å². The maximum Gasteiger partial charge on any atom is 0.227 e. The molecule has 1 aliphatic rings. The lowest BCUT2D eigenvalue weighted by atomic mass is 9.79. The summed E-state index contributed by atoms with van der Waals surface area (Å²) >= 11 is 1.60. The maximum atomic E-state index is 11.2. The molecule has 0 amide bonds. The molecule has 3 aromatic rings. The van der Waals surface area contributed by atoms with Crippen molar-refractivity contribution >= 4 is 23.0 Å². The first-order chi connectivity index (χ1) is 14.3. The van der Waals surface area contributed by atoms with Crippen LogP contribution in [0, 0.1) is 12.8 Å². The molecule has 30 heavy (non-hydrogen) atoms. The average Bonchev–Trinajstić information content (AvgIpc) is 3.19. The van der Waals surface area contributed by atoms with Gasteiger partial charge in [-0.2, -0.15) is 0 Å². The van der Waals surface area contributed by atoms with Crippen molar-refractivity contribution in [1.82, 2.24) is 15.0 Å². The first-order valence-corrected chi connectivity index (χ1v) is 11.5. The summed E-state index contributed by atoms with van der Waals surface area (Å²) in [6.45, 7) is 8.55. The van der Waals surface area contributed by atoms with Crippen molar-refractivity contribution in [2.24, 2.45) is 5.92 Å². The van der Waals surface area contributed by atoms with E-state index in [1.54, 1.807) is 17.5 Å². The maximum absolute atomic E-state index is 11.2. The van der Waals surface area contributed by atoms with Gasteiger partial charge in [0.1, 0.15) is 10.6 Å². The Morgan fingerprint density at radius 2 is 2.07 bits per heavy atom. The average molecular weight is 423 g/mol. The van der Waals surface area contributed by atoms with Crippen molar-refractivity contribution in [3.8, 4) is 10.4 Å². The second-order valence-electron chi connectivity index (χ2n) is 8.94. The lowest BCUT2D eigenvalue weighted by Gasteiger charge is -2.33. The van der Waals surface area contributed by atoms with Crippen LogP contribution in [0.15, 0.2) is 36.7 Å². The highest BCUT2D eigenvalue weighted by Crippen LogP contribution is 2.43. The number of anilines is 2. The molecule has 2 N–H and O–H groups in total. The van der Waals surface area contributed by atoms with Crippen LogP contribution in [-0.4, -0.2) is 20.1 Å². The molecule has 0 saturated heterocycles. The Hall–Kier alpha value is -2.31. The molecule has 2 aromatic heterocycles. The Morgan fingerprint density at radius 1 is 1.23 bits per heavy atom. The molecule has 0 radical (unpaired) electrons. The number of hydrogen-bond acceptors (Lipinski definition) is 6. The molecule has 4 rings (SSSR count). The van der Waals surface area contributed by atoms with Crippen LogP contribution in [-0.2, 0) is 5.60 Å². The number of aromatic nitrogens is 3. The minimum Gasteiger partial charge on any atom is -0.383 e. The van der Waals surface area contributed by atoms with Gasteiger partial charge >= 0.3 is 0 Å². The molecule has 5 nitrogen and oxygen atoms in total. The predicted octanol–water partition coefficient (Wildman–Crippen LogP) is 6.17. The number of aryl methyl sites for hydroxylation is 1. The minimum atomic E-state index is -0.781.